The van der Waals surface area contributed by atoms with Crippen LogP contribution < -0.4 is 10.1 Å². The zero-order valence-electron chi connectivity index (χ0n) is 15.0. The van der Waals surface area contributed by atoms with E-state index in [-0.39, 0.29) is 17.2 Å². The summed E-state index contributed by atoms with van der Waals surface area (Å²) in [4.78, 5) is 14.6. The van der Waals surface area contributed by atoms with Gasteiger partial charge in [0.1, 0.15) is 0 Å². The van der Waals surface area contributed by atoms with Crippen molar-refractivity contribution < 1.29 is 13.9 Å². The third kappa shape index (κ3) is 5.03. The number of benzene rings is 2. The number of carbonyl (C=O) groups is 1. The zero-order valence-corrected chi connectivity index (χ0v) is 15.0. The molecule has 134 valence electrons. The molecule has 0 aliphatic carbocycles. The van der Waals surface area contributed by atoms with E-state index in [1.165, 1.54) is 24.8 Å². The van der Waals surface area contributed by atoms with Crippen molar-refractivity contribution in [3.63, 3.8) is 0 Å². The summed E-state index contributed by atoms with van der Waals surface area (Å²) in [7, 11) is 1.39. The SMILES string of the molecule is CCN(CC)Cc1ccccc1CNC(=O)c1ccc(OC)c(F)c1. The van der Waals surface area contributed by atoms with E-state index in [4.69, 9.17) is 4.74 Å². The third-order valence-electron chi connectivity index (χ3n) is 4.26. The van der Waals surface area contributed by atoms with Gasteiger partial charge in [-0.05, 0) is 42.4 Å². The van der Waals surface area contributed by atoms with E-state index < -0.39 is 5.82 Å². The molecule has 2 aromatic rings. The lowest BCUT2D eigenvalue weighted by Gasteiger charge is -2.20. The Bertz CT molecular complexity index is 715. The number of ether oxygens (including phenoxy) is 1. The maximum Gasteiger partial charge on any atom is 0.251 e. The first-order valence-corrected chi connectivity index (χ1v) is 8.49. The van der Waals surface area contributed by atoms with Crippen LogP contribution in [0.15, 0.2) is 42.5 Å². The lowest BCUT2D eigenvalue weighted by molar-refractivity contribution is 0.0950. The van der Waals surface area contributed by atoms with Crippen LogP contribution in [0.1, 0.15) is 35.3 Å². The molecule has 0 aliphatic rings. The molecule has 0 radical (unpaired) electrons. The van der Waals surface area contributed by atoms with Crippen molar-refractivity contribution in [2.24, 2.45) is 0 Å². The monoisotopic (exact) mass is 344 g/mol. The molecule has 0 aliphatic heterocycles. The van der Waals surface area contributed by atoms with E-state index in [1.54, 1.807) is 6.07 Å². The molecule has 0 heterocycles. The maximum atomic E-state index is 13.7. The highest BCUT2D eigenvalue weighted by Gasteiger charge is 2.11. The van der Waals surface area contributed by atoms with Crippen molar-refractivity contribution in [1.82, 2.24) is 10.2 Å². The summed E-state index contributed by atoms with van der Waals surface area (Å²) in [5, 5.41) is 2.86. The summed E-state index contributed by atoms with van der Waals surface area (Å²) in [6.45, 7) is 7.46. The Morgan fingerprint density at radius 1 is 1.12 bits per heavy atom. The van der Waals surface area contributed by atoms with Crippen LogP contribution in [0.4, 0.5) is 4.39 Å². The largest absolute Gasteiger partial charge is 0.494 e. The minimum Gasteiger partial charge on any atom is -0.494 e. The van der Waals surface area contributed by atoms with Crippen LogP contribution in [0.2, 0.25) is 0 Å². The quantitative estimate of drug-likeness (QED) is 0.795. The van der Waals surface area contributed by atoms with Crippen LogP contribution in [0.3, 0.4) is 0 Å². The Kier molecular flexibility index (Phi) is 6.95. The Hall–Kier alpha value is -2.40. The van der Waals surface area contributed by atoms with Crippen molar-refractivity contribution in [1.29, 1.82) is 0 Å². The minimum absolute atomic E-state index is 0.126. The second-order valence-electron chi connectivity index (χ2n) is 5.76. The van der Waals surface area contributed by atoms with Gasteiger partial charge in [0.15, 0.2) is 11.6 Å². The predicted octanol–water partition coefficient (Wildman–Crippen LogP) is 3.61. The van der Waals surface area contributed by atoms with Gasteiger partial charge in [-0.15, -0.1) is 0 Å². The fraction of sp³-hybridized carbons (Fsp3) is 0.350. The zero-order chi connectivity index (χ0) is 18.2. The van der Waals surface area contributed by atoms with Crippen molar-refractivity contribution in [2.75, 3.05) is 20.2 Å². The first kappa shape index (κ1) is 18.9. The van der Waals surface area contributed by atoms with E-state index in [0.29, 0.717) is 6.54 Å². The number of amides is 1. The third-order valence-corrected chi connectivity index (χ3v) is 4.26. The summed E-state index contributed by atoms with van der Waals surface area (Å²) in [6, 6.07) is 12.2. The molecule has 0 spiro atoms. The van der Waals surface area contributed by atoms with Gasteiger partial charge in [-0.2, -0.15) is 0 Å². The Morgan fingerprint density at radius 2 is 1.80 bits per heavy atom. The molecule has 1 amide bonds. The molecule has 0 saturated heterocycles. The van der Waals surface area contributed by atoms with Gasteiger partial charge in [-0.3, -0.25) is 9.69 Å². The van der Waals surface area contributed by atoms with Crippen molar-refractivity contribution in [2.45, 2.75) is 26.9 Å². The molecule has 2 aromatic carbocycles. The number of methoxy groups -OCH3 is 1. The topological polar surface area (TPSA) is 41.6 Å². The number of rotatable bonds is 8. The van der Waals surface area contributed by atoms with Crippen LogP contribution in [-0.4, -0.2) is 31.0 Å². The molecule has 0 bridgehead atoms. The highest BCUT2D eigenvalue weighted by atomic mass is 19.1. The first-order valence-electron chi connectivity index (χ1n) is 8.49. The normalized spacial score (nSPS) is 10.8. The van der Waals surface area contributed by atoms with Gasteiger partial charge in [-0.1, -0.05) is 38.1 Å². The van der Waals surface area contributed by atoms with Crippen LogP contribution in [0.5, 0.6) is 5.75 Å². The fourth-order valence-electron chi connectivity index (χ4n) is 2.66. The summed E-state index contributed by atoms with van der Waals surface area (Å²) in [6.07, 6.45) is 0. The highest BCUT2D eigenvalue weighted by molar-refractivity contribution is 5.94. The van der Waals surface area contributed by atoms with Crippen LogP contribution in [-0.2, 0) is 13.1 Å². The Balaban J connectivity index is 2.06. The standard InChI is InChI=1S/C20H25FN2O2/c1-4-23(5-2)14-17-9-7-6-8-16(17)13-22-20(24)15-10-11-19(25-3)18(21)12-15/h6-12H,4-5,13-14H2,1-3H3,(H,22,24). The van der Waals surface area contributed by atoms with E-state index in [1.807, 2.05) is 18.2 Å². The summed E-state index contributed by atoms with van der Waals surface area (Å²) in [5.41, 5.74) is 2.53. The second-order valence-corrected chi connectivity index (χ2v) is 5.76. The molecule has 25 heavy (non-hydrogen) atoms. The lowest BCUT2D eigenvalue weighted by Crippen LogP contribution is -2.26. The number of hydrogen-bond donors (Lipinski definition) is 1. The molecule has 0 unspecified atom stereocenters. The van der Waals surface area contributed by atoms with Crippen molar-refractivity contribution in [3.05, 3.63) is 65.0 Å². The molecule has 4 nitrogen and oxygen atoms in total. The number of nitrogens with zero attached hydrogens (tertiary/aromatic N) is 1. The number of hydrogen-bond acceptors (Lipinski definition) is 3. The molecular formula is C20H25FN2O2. The summed E-state index contributed by atoms with van der Waals surface area (Å²) in [5.74, 6) is -0.725. The fourth-order valence-corrected chi connectivity index (χ4v) is 2.66. The second kappa shape index (κ2) is 9.18. The van der Waals surface area contributed by atoms with E-state index in [0.717, 1.165) is 25.2 Å². The molecule has 2 rings (SSSR count). The predicted molar refractivity (Wildman–Crippen MR) is 97.2 cm³/mol. The Labute approximate surface area is 148 Å². The van der Waals surface area contributed by atoms with Crippen LogP contribution in [0, 0.1) is 5.82 Å². The molecule has 1 N–H and O–H groups in total. The smallest absolute Gasteiger partial charge is 0.251 e. The Morgan fingerprint density at radius 3 is 2.40 bits per heavy atom. The summed E-state index contributed by atoms with van der Waals surface area (Å²) >= 11 is 0. The van der Waals surface area contributed by atoms with Crippen LogP contribution >= 0.6 is 0 Å². The van der Waals surface area contributed by atoms with Gasteiger partial charge in [-0.25, -0.2) is 4.39 Å². The lowest BCUT2D eigenvalue weighted by atomic mass is 10.1. The molecule has 0 atom stereocenters. The van der Waals surface area contributed by atoms with Crippen molar-refractivity contribution >= 4 is 5.91 Å². The average molecular weight is 344 g/mol. The van der Waals surface area contributed by atoms with Crippen LogP contribution in [0.25, 0.3) is 0 Å². The van der Waals surface area contributed by atoms with Gasteiger partial charge in [0, 0.05) is 18.7 Å². The molecule has 0 aromatic heterocycles. The van der Waals surface area contributed by atoms with E-state index >= 15 is 0 Å². The molecular weight excluding hydrogens is 319 g/mol. The molecule has 0 saturated carbocycles. The van der Waals surface area contributed by atoms with Gasteiger partial charge in [0.05, 0.1) is 7.11 Å². The minimum atomic E-state index is -0.544. The molecule has 5 heteroatoms. The number of nitrogens with one attached hydrogen (secondary N) is 1. The number of carbonyl (C=O) groups excluding carboxylic acids is 1. The van der Waals surface area contributed by atoms with Crippen molar-refractivity contribution in [3.8, 4) is 5.75 Å². The van der Waals surface area contributed by atoms with Gasteiger partial charge in [0.25, 0.3) is 5.91 Å². The highest BCUT2D eigenvalue weighted by Crippen LogP contribution is 2.18. The first-order chi connectivity index (χ1) is 12.1. The van der Waals surface area contributed by atoms with E-state index in [2.05, 4.69) is 30.1 Å². The van der Waals surface area contributed by atoms with Gasteiger partial charge in [0.2, 0.25) is 0 Å². The maximum absolute atomic E-state index is 13.7. The van der Waals surface area contributed by atoms with Gasteiger partial charge >= 0.3 is 0 Å². The summed E-state index contributed by atoms with van der Waals surface area (Å²) < 4.78 is 18.6. The molecule has 0 fully saturated rings. The average Bonchev–Trinajstić information content (AvgIpc) is 2.64. The van der Waals surface area contributed by atoms with E-state index in [9.17, 15) is 9.18 Å². The van der Waals surface area contributed by atoms with Gasteiger partial charge < -0.3 is 10.1 Å². The number of halogens is 1.